The highest BCUT2D eigenvalue weighted by atomic mass is 19.4. The van der Waals surface area contributed by atoms with Gasteiger partial charge in [-0.2, -0.15) is 13.2 Å². The second-order valence-electron chi connectivity index (χ2n) is 6.25. The Morgan fingerprint density at radius 1 is 1.31 bits per heavy atom. The van der Waals surface area contributed by atoms with Crippen molar-refractivity contribution in [3.05, 3.63) is 42.4 Å². The quantitative estimate of drug-likeness (QED) is 0.716. The van der Waals surface area contributed by atoms with E-state index in [9.17, 15) is 18.3 Å². The van der Waals surface area contributed by atoms with E-state index in [-0.39, 0.29) is 18.1 Å². The van der Waals surface area contributed by atoms with E-state index in [1.54, 1.807) is 0 Å². The summed E-state index contributed by atoms with van der Waals surface area (Å²) in [4.78, 5) is 13.2. The number of aliphatic hydroxyl groups is 1. The Balaban J connectivity index is 0.000000242. The van der Waals surface area contributed by atoms with Gasteiger partial charge >= 0.3 is 12.1 Å². The van der Waals surface area contributed by atoms with Crippen LogP contribution in [0.15, 0.2) is 36.8 Å². The molecule has 0 unspecified atom stereocenters. The molecule has 140 valence electrons. The molecule has 0 radical (unpaired) electrons. The molecule has 1 fully saturated rings. The number of alkyl halides is 3. The third-order valence-corrected chi connectivity index (χ3v) is 4.67. The number of halogens is 3. The van der Waals surface area contributed by atoms with Crippen LogP contribution in [0.4, 0.5) is 13.2 Å². The first-order chi connectivity index (χ1) is 12.3. The first-order valence-electron chi connectivity index (χ1n) is 8.10. The lowest BCUT2D eigenvalue weighted by molar-refractivity contribution is -0.192. The number of benzene rings is 1. The molecule has 3 atom stereocenters. The summed E-state index contributed by atoms with van der Waals surface area (Å²) in [5, 5.41) is 20.7. The van der Waals surface area contributed by atoms with Crippen LogP contribution in [0, 0.1) is 5.92 Å². The number of rotatable bonds is 1. The van der Waals surface area contributed by atoms with Gasteiger partial charge in [0.25, 0.3) is 0 Å². The van der Waals surface area contributed by atoms with Crippen molar-refractivity contribution in [2.75, 3.05) is 13.1 Å². The molecule has 0 amide bonds. The standard InChI is InChI=1S/C15H17N3O.C2HF3O2/c19-14-8-16-6-5-12(14)15-11-4-2-1-3-10(11)13-7-17-9-18(13)15;3-2(4,5)1(6)7/h1-4,7,9,12,14-16,19H,5-6,8H2;(H,6,7)/t12-,14-,15-;/m1./s1. The number of hydrogen-bond acceptors (Lipinski definition) is 4. The summed E-state index contributed by atoms with van der Waals surface area (Å²) in [5.74, 6) is -2.50. The first kappa shape index (κ1) is 18.4. The number of carboxylic acid groups (broad SMARTS) is 1. The summed E-state index contributed by atoms with van der Waals surface area (Å²) in [5.41, 5.74) is 3.76. The van der Waals surface area contributed by atoms with Crippen LogP contribution < -0.4 is 5.32 Å². The Kier molecular flexibility index (Phi) is 5.01. The third kappa shape index (κ3) is 3.45. The van der Waals surface area contributed by atoms with Gasteiger partial charge in [0.15, 0.2) is 0 Å². The van der Waals surface area contributed by atoms with Crippen LogP contribution in [-0.2, 0) is 4.79 Å². The first-order valence-corrected chi connectivity index (χ1v) is 8.10. The Morgan fingerprint density at radius 2 is 2.00 bits per heavy atom. The highest BCUT2D eigenvalue weighted by Crippen LogP contribution is 2.44. The molecular weight excluding hydrogens is 351 g/mol. The van der Waals surface area contributed by atoms with Gasteiger partial charge in [0.2, 0.25) is 0 Å². The number of aliphatic carboxylic acids is 1. The van der Waals surface area contributed by atoms with Gasteiger partial charge < -0.3 is 20.1 Å². The molecule has 6 nitrogen and oxygen atoms in total. The predicted molar refractivity (Wildman–Crippen MR) is 86.5 cm³/mol. The van der Waals surface area contributed by atoms with Crippen molar-refractivity contribution < 1.29 is 28.2 Å². The van der Waals surface area contributed by atoms with Crippen molar-refractivity contribution in [3.8, 4) is 11.3 Å². The third-order valence-electron chi connectivity index (χ3n) is 4.67. The fourth-order valence-corrected chi connectivity index (χ4v) is 3.54. The van der Waals surface area contributed by atoms with Gasteiger partial charge in [-0.05, 0) is 18.5 Å². The lowest BCUT2D eigenvalue weighted by Crippen LogP contribution is -2.43. The van der Waals surface area contributed by atoms with E-state index < -0.39 is 12.1 Å². The number of nitrogens with zero attached hydrogens (tertiary/aromatic N) is 2. The molecule has 4 rings (SSSR count). The van der Waals surface area contributed by atoms with Gasteiger partial charge in [-0.15, -0.1) is 0 Å². The molecule has 9 heteroatoms. The van der Waals surface area contributed by atoms with E-state index >= 15 is 0 Å². The lowest BCUT2D eigenvalue weighted by atomic mass is 9.84. The number of nitrogens with one attached hydrogen (secondary N) is 1. The smallest absolute Gasteiger partial charge is 0.475 e. The van der Waals surface area contributed by atoms with Crippen LogP contribution in [0.25, 0.3) is 11.3 Å². The van der Waals surface area contributed by atoms with Gasteiger partial charge in [0.1, 0.15) is 0 Å². The molecule has 1 saturated heterocycles. The molecule has 0 spiro atoms. The number of β-amino-alcohol motifs (C(OH)–C–C–N with tert-alkyl or cyclic N) is 1. The molecule has 26 heavy (non-hydrogen) atoms. The molecule has 0 saturated carbocycles. The van der Waals surface area contributed by atoms with E-state index in [1.807, 2.05) is 12.5 Å². The maximum Gasteiger partial charge on any atom is 0.490 e. The van der Waals surface area contributed by atoms with Gasteiger partial charge in [-0.3, -0.25) is 0 Å². The number of aliphatic hydroxyl groups excluding tert-OH is 1. The molecular formula is C17H18F3N3O3. The van der Waals surface area contributed by atoms with Crippen molar-refractivity contribution in [1.82, 2.24) is 14.9 Å². The van der Waals surface area contributed by atoms with Crippen molar-refractivity contribution in [1.29, 1.82) is 0 Å². The summed E-state index contributed by atoms with van der Waals surface area (Å²) >= 11 is 0. The van der Waals surface area contributed by atoms with Crippen LogP contribution in [-0.4, -0.2) is 51.1 Å². The molecule has 3 N–H and O–H groups in total. The normalized spacial score (nSPS) is 24.2. The maximum atomic E-state index is 10.6. The largest absolute Gasteiger partial charge is 0.490 e. The van der Waals surface area contributed by atoms with Crippen LogP contribution >= 0.6 is 0 Å². The summed E-state index contributed by atoms with van der Waals surface area (Å²) in [6.07, 6.45) is -0.557. The maximum absolute atomic E-state index is 10.6. The second kappa shape index (κ2) is 7.08. The van der Waals surface area contributed by atoms with Crippen molar-refractivity contribution >= 4 is 5.97 Å². The summed E-state index contributed by atoms with van der Waals surface area (Å²) < 4.78 is 34.0. The van der Waals surface area contributed by atoms with Crippen molar-refractivity contribution in [2.45, 2.75) is 24.7 Å². The van der Waals surface area contributed by atoms with E-state index in [4.69, 9.17) is 9.90 Å². The van der Waals surface area contributed by atoms with E-state index in [2.05, 4.69) is 39.1 Å². The highest BCUT2D eigenvalue weighted by molar-refractivity contribution is 5.73. The zero-order valence-corrected chi connectivity index (χ0v) is 13.6. The fourth-order valence-electron chi connectivity index (χ4n) is 3.54. The van der Waals surface area contributed by atoms with Crippen LogP contribution in [0.5, 0.6) is 0 Å². The molecule has 0 aliphatic carbocycles. The summed E-state index contributed by atoms with van der Waals surface area (Å²) in [6, 6.07) is 8.71. The topological polar surface area (TPSA) is 87.4 Å². The van der Waals surface area contributed by atoms with Crippen LogP contribution in [0.2, 0.25) is 0 Å². The monoisotopic (exact) mass is 369 g/mol. The second-order valence-corrected chi connectivity index (χ2v) is 6.25. The zero-order chi connectivity index (χ0) is 18.9. The number of hydrogen-bond donors (Lipinski definition) is 3. The van der Waals surface area contributed by atoms with Gasteiger partial charge in [0.05, 0.1) is 30.4 Å². The zero-order valence-electron chi connectivity index (χ0n) is 13.6. The minimum absolute atomic E-state index is 0.228. The summed E-state index contributed by atoms with van der Waals surface area (Å²) in [6.45, 7) is 1.66. The molecule has 2 aliphatic heterocycles. The van der Waals surface area contributed by atoms with Crippen molar-refractivity contribution in [2.24, 2.45) is 5.92 Å². The molecule has 1 aromatic carbocycles. The molecule has 3 heterocycles. The molecule has 1 aromatic heterocycles. The average Bonchev–Trinajstić information content (AvgIpc) is 3.16. The van der Waals surface area contributed by atoms with E-state index in [0.29, 0.717) is 6.54 Å². The van der Waals surface area contributed by atoms with Crippen LogP contribution in [0.1, 0.15) is 18.0 Å². The van der Waals surface area contributed by atoms with Crippen LogP contribution in [0.3, 0.4) is 0 Å². The number of fused-ring (bicyclic) bond motifs is 3. The fraction of sp³-hybridized carbons (Fsp3) is 0.412. The minimum Gasteiger partial charge on any atom is -0.475 e. The SMILES string of the molecule is O=C(O)C(F)(F)F.O[C@@H]1CNCC[C@H]1[C@H]1c2ccccc2-c2cncn21. The molecule has 2 aliphatic rings. The number of carbonyl (C=O) groups is 1. The Bertz CT molecular complexity index is 791. The van der Waals surface area contributed by atoms with E-state index in [1.165, 1.54) is 16.8 Å². The Morgan fingerprint density at radius 3 is 2.65 bits per heavy atom. The highest BCUT2D eigenvalue weighted by Gasteiger charge is 2.39. The molecule has 0 bridgehead atoms. The van der Waals surface area contributed by atoms with Gasteiger partial charge in [0, 0.05) is 18.0 Å². The Labute approximate surface area is 147 Å². The van der Waals surface area contributed by atoms with Gasteiger partial charge in [-0.1, -0.05) is 24.3 Å². The Hall–Kier alpha value is -2.39. The number of imidazole rings is 1. The van der Waals surface area contributed by atoms with Crippen molar-refractivity contribution in [3.63, 3.8) is 0 Å². The molecule has 2 aromatic rings. The van der Waals surface area contributed by atoms with Gasteiger partial charge in [-0.25, -0.2) is 9.78 Å². The van der Waals surface area contributed by atoms with E-state index in [0.717, 1.165) is 13.0 Å². The minimum atomic E-state index is -5.08. The predicted octanol–water partition coefficient (Wildman–Crippen LogP) is 2.06. The number of aromatic nitrogens is 2. The average molecular weight is 369 g/mol. The number of piperidine rings is 1. The number of carboxylic acids is 1. The lowest BCUT2D eigenvalue weighted by Gasteiger charge is -2.34. The summed E-state index contributed by atoms with van der Waals surface area (Å²) in [7, 11) is 0.